The van der Waals surface area contributed by atoms with Crippen LogP contribution in [0.5, 0.6) is 0 Å². The van der Waals surface area contributed by atoms with Gasteiger partial charge in [0, 0.05) is 6.42 Å². The van der Waals surface area contributed by atoms with Gasteiger partial charge in [0.05, 0.1) is 0 Å². The Morgan fingerprint density at radius 1 is 1.24 bits per heavy atom. The van der Waals surface area contributed by atoms with Crippen molar-refractivity contribution in [2.75, 3.05) is 0 Å². The van der Waals surface area contributed by atoms with E-state index in [-0.39, 0.29) is 12.1 Å². The topological polar surface area (TPSA) is 26.3 Å². The lowest BCUT2D eigenvalue weighted by atomic mass is 9.75. The van der Waals surface area contributed by atoms with Gasteiger partial charge in [0.2, 0.25) is 0 Å². The molecule has 3 atom stereocenters. The minimum absolute atomic E-state index is 0.0530. The summed E-state index contributed by atoms with van der Waals surface area (Å²) < 4.78 is 5.75. The fraction of sp³-hybridized carbons (Fsp3) is 0.933. The standard InChI is InChI=1S/C15H26O2/c1-10(2)13-7-4-11(3)8-14(13)17-15(16)9-12-5-6-12/h10-14H,4-9H2,1-3H3. The van der Waals surface area contributed by atoms with Crippen LogP contribution in [-0.2, 0) is 9.53 Å². The van der Waals surface area contributed by atoms with Gasteiger partial charge in [-0.25, -0.2) is 0 Å². The Morgan fingerprint density at radius 3 is 2.53 bits per heavy atom. The molecule has 0 heterocycles. The van der Waals surface area contributed by atoms with Gasteiger partial charge in [0.15, 0.2) is 0 Å². The molecule has 0 amide bonds. The van der Waals surface area contributed by atoms with Crippen LogP contribution in [0.15, 0.2) is 0 Å². The van der Waals surface area contributed by atoms with Crippen LogP contribution >= 0.6 is 0 Å². The van der Waals surface area contributed by atoms with Crippen LogP contribution in [-0.4, -0.2) is 12.1 Å². The van der Waals surface area contributed by atoms with Crippen molar-refractivity contribution in [1.82, 2.24) is 0 Å². The Labute approximate surface area is 105 Å². The highest BCUT2D eigenvalue weighted by Gasteiger charge is 2.34. The van der Waals surface area contributed by atoms with Gasteiger partial charge in [-0.3, -0.25) is 4.79 Å². The summed E-state index contributed by atoms with van der Waals surface area (Å²) >= 11 is 0. The summed E-state index contributed by atoms with van der Waals surface area (Å²) in [6, 6.07) is 0. The van der Waals surface area contributed by atoms with Gasteiger partial charge < -0.3 is 4.74 Å². The molecule has 3 unspecified atom stereocenters. The third-order valence-electron chi connectivity index (χ3n) is 4.40. The number of rotatable bonds is 4. The molecular formula is C15H26O2. The van der Waals surface area contributed by atoms with E-state index in [2.05, 4.69) is 20.8 Å². The predicted octanol–water partition coefficient (Wildman–Crippen LogP) is 3.79. The number of hydrogen-bond acceptors (Lipinski definition) is 2. The zero-order valence-corrected chi connectivity index (χ0v) is 11.4. The average molecular weight is 238 g/mol. The van der Waals surface area contributed by atoms with E-state index in [0.717, 1.165) is 6.42 Å². The van der Waals surface area contributed by atoms with Crippen molar-refractivity contribution in [3.8, 4) is 0 Å². The summed E-state index contributed by atoms with van der Waals surface area (Å²) in [5.41, 5.74) is 0. The molecule has 0 aromatic carbocycles. The molecule has 2 fully saturated rings. The predicted molar refractivity (Wildman–Crippen MR) is 68.6 cm³/mol. The SMILES string of the molecule is CC1CCC(C(C)C)C(OC(=O)CC2CC2)C1. The van der Waals surface area contributed by atoms with Crippen molar-refractivity contribution in [3.05, 3.63) is 0 Å². The van der Waals surface area contributed by atoms with Gasteiger partial charge in [-0.15, -0.1) is 0 Å². The summed E-state index contributed by atoms with van der Waals surface area (Å²) in [6.07, 6.45) is 6.88. The molecule has 2 saturated carbocycles. The first-order chi connectivity index (χ1) is 8.06. The monoisotopic (exact) mass is 238 g/mol. The molecule has 0 spiro atoms. The van der Waals surface area contributed by atoms with E-state index in [4.69, 9.17) is 4.74 Å². The highest BCUT2D eigenvalue weighted by atomic mass is 16.5. The van der Waals surface area contributed by atoms with E-state index in [1.54, 1.807) is 0 Å². The fourth-order valence-electron chi connectivity index (χ4n) is 3.02. The molecule has 0 radical (unpaired) electrons. The Balaban J connectivity index is 1.87. The van der Waals surface area contributed by atoms with Gasteiger partial charge >= 0.3 is 5.97 Å². The highest BCUT2D eigenvalue weighted by molar-refractivity contribution is 5.70. The van der Waals surface area contributed by atoms with Crippen molar-refractivity contribution in [3.63, 3.8) is 0 Å². The summed E-state index contributed by atoms with van der Waals surface area (Å²) in [4.78, 5) is 11.8. The van der Waals surface area contributed by atoms with Gasteiger partial charge in [-0.05, 0) is 49.4 Å². The van der Waals surface area contributed by atoms with E-state index >= 15 is 0 Å². The van der Waals surface area contributed by atoms with Crippen LogP contribution in [0.4, 0.5) is 0 Å². The van der Waals surface area contributed by atoms with E-state index in [1.165, 1.54) is 25.7 Å². The molecule has 0 saturated heterocycles. The zero-order chi connectivity index (χ0) is 12.4. The van der Waals surface area contributed by atoms with Crippen LogP contribution in [0, 0.1) is 23.7 Å². The molecule has 0 aliphatic heterocycles. The fourth-order valence-corrected chi connectivity index (χ4v) is 3.02. The zero-order valence-electron chi connectivity index (χ0n) is 11.4. The molecule has 2 aliphatic carbocycles. The average Bonchev–Trinajstić information content (AvgIpc) is 3.00. The van der Waals surface area contributed by atoms with E-state index < -0.39 is 0 Å². The maximum atomic E-state index is 11.8. The van der Waals surface area contributed by atoms with E-state index in [1.807, 2.05) is 0 Å². The third kappa shape index (κ3) is 3.72. The molecule has 0 N–H and O–H groups in total. The lowest BCUT2D eigenvalue weighted by Gasteiger charge is -2.36. The molecule has 98 valence electrons. The first-order valence-electron chi connectivity index (χ1n) is 7.25. The number of ether oxygens (including phenoxy) is 1. The quantitative estimate of drug-likeness (QED) is 0.696. The first-order valence-corrected chi connectivity index (χ1v) is 7.25. The van der Waals surface area contributed by atoms with Gasteiger partial charge in [-0.2, -0.15) is 0 Å². The molecule has 17 heavy (non-hydrogen) atoms. The van der Waals surface area contributed by atoms with Crippen molar-refractivity contribution in [1.29, 1.82) is 0 Å². The number of carbonyl (C=O) groups is 1. The second-order valence-electron chi connectivity index (χ2n) is 6.50. The maximum Gasteiger partial charge on any atom is 0.306 e. The molecule has 0 bridgehead atoms. The smallest absolute Gasteiger partial charge is 0.306 e. The molecular weight excluding hydrogens is 212 g/mol. The minimum Gasteiger partial charge on any atom is -0.462 e. The second kappa shape index (κ2) is 5.41. The Morgan fingerprint density at radius 2 is 1.94 bits per heavy atom. The van der Waals surface area contributed by atoms with Crippen molar-refractivity contribution in [2.24, 2.45) is 23.7 Å². The second-order valence-corrected chi connectivity index (χ2v) is 6.50. The molecule has 0 aromatic rings. The molecule has 2 nitrogen and oxygen atoms in total. The van der Waals surface area contributed by atoms with E-state index in [9.17, 15) is 4.79 Å². The molecule has 2 rings (SSSR count). The maximum absolute atomic E-state index is 11.8. The van der Waals surface area contributed by atoms with Crippen molar-refractivity contribution >= 4 is 5.97 Å². The van der Waals surface area contributed by atoms with Gasteiger partial charge in [0.25, 0.3) is 0 Å². The number of hydrogen-bond donors (Lipinski definition) is 0. The third-order valence-corrected chi connectivity index (χ3v) is 4.40. The van der Waals surface area contributed by atoms with Crippen LogP contribution in [0.3, 0.4) is 0 Å². The van der Waals surface area contributed by atoms with Crippen molar-refractivity contribution in [2.45, 2.75) is 65.4 Å². The summed E-state index contributed by atoms with van der Waals surface area (Å²) in [6.45, 7) is 6.78. The molecule has 2 heteroatoms. The van der Waals surface area contributed by atoms with Crippen molar-refractivity contribution < 1.29 is 9.53 Å². The lowest BCUT2D eigenvalue weighted by Crippen LogP contribution is -2.35. The largest absolute Gasteiger partial charge is 0.462 e. The van der Waals surface area contributed by atoms with Gasteiger partial charge in [-0.1, -0.05) is 27.2 Å². The highest BCUT2D eigenvalue weighted by Crippen LogP contribution is 2.37. The van der Waals surface area contributed by atoms with Crippen LogP contribution in [0.1, 0.15) is 59.3 Å². The number of carbonyl (C=O) groups excluding carboxylic acids is 1. The number of esters is 1. The first kappa shape index (κ1) is 12.9. The molecule has 2 aliphatic rings. The normalized spacial score (nSPS) is 33.8. The Bertz CT molecular complexity index is 268. The summed E-state index contributed by atoms with van der Waals surface area (Å²) in [5.74, 6) is 2.61. The lowest BCUT2D eigenvalue weighted by molar-refractivity contribution is -0.156. The van der Waals surface area contributed by atoms with Gasteiger partial charge in [0.1, 0.15) is 6.10 Å². The van der Waals surface area contributed by atoms with Crippen LogP contribution in [0.25, 0.3) is 0 Å². The van der Waals surface area contributed by atoms with E-state index in [0.29, 0.717) is 30.1 Å². The summed E-state index contributed by atoms with van der Waals surface area (Å²) in [7, 11) is 0. The Hall–Kier alpha value is -0.530. The molecule has 0 aromatic heterocycles. The summed E-state index contributed by atoms with van der Waals surface area (Å²) in [5, 5.41) is 0. The van der Waals surface area contributed by atoms with Crippen LogP contribution < -0.4 is 0 Å². The van der Waals surface area contributed by atoms with Crippen LogP contribution in [0.2, 0.25) is 0 Å². The Kier molecular flexibility index (Phi) is 4.11. The minimum atomic E-state index is 0.0530.